The van der Waals surface area contributed by atoms with Crippen LogP contribution in [0.15, 0.2) is 22.7 Å². The van der Waals surface area contributed by atoms with Gasteiger partial charge in [0.1, 0.15) is 0 Å². The molecule has 2 aliphatic rings. The predicted molar refractivity (Wildman–Crippen MR) is 127 cm³/mol. The Labute approximate surface area is 189 Å². The molecule has 0 atom stereocenters. The van der Waals surface area contributed by atoms with Gasteiger partial charge >= 0.3 is 0 Å². The molecule has 2 fully saturated rings. The van der Waals surface area contributed by atoms with Gasteiger partial charge in [-0.2, -0.15) is 11.8 Å². The summed E-state index contributed by atoms with van der Waals surface area (Å²) >= 11 is 7.54. The van der Waals surface area contributed by atoms with Crippen molar-refractivity contribution in [2.45, 2.75) is 63.8 Å². The maximum atomic E-state index is 11.2. The standard InChI is InChI=1S/C14H17ClN2O.C9H17NOS/c1-2-17-7-5-10(6-8-17)14-12-4-3-11(15)9-13(12)18-16-14;1-12-7-9(11)10-8-5-3-2-4-6-8/h3-4,9-10H,2,5-8H2,1H3;8H,2-7H2,1H3,(H,10,11). The summed E-state index contributed by atoms with van der Waals surface area (Å²) in [6.45, 7) is 5.67. The van der Waals surface area contributed by atoms with Crippen LogP contribution in [0.3, 0.4) is 0 Å². The number of nitrogens with one attached hydrogen (secondary N) is 1. The van der Waals surface area contributed by atoms with Crippen molar-refractivity contribution in [2.75, 3.05) is 31.6 Å². The van der Waals surface area contributed by atoms with Crippen molar-refractivity contribution >= 4 is 40.2 Å². The highest BCUT2D eigenvalue weighted by atomic mass is 35.5. The van der Waals surface area contributed by atoms with Gasteiger partial charge in [-0.1, -0.05) is 42.9 Å². The summed E-state index contributed by atoms with van der Waals surface area (Å²) in [5.41, 5.74) is 1.91. The fourth-order valence-corrected chi connectivity index (χ4v) is 4.90. The zero-order valence-corrected chi connectivity index (χ0v) is 19.7. The number of hydrogen-bond acceptors (Lipinski definition) is 5. The van der Waals surface area contributed by atoms with E-state index in [9.17, 15) is 4.79 Å². The van der Waals surface area contributed by atoms with Crippen LogP contribution in [0.4, 0.5) is 0 Å². The second-order valence-electron chi connectivity index (χ2n) is 8.25. The maximum absolute atomic E-state index is 11.2. The van der Waals surface area contributed by atoms with Crippen molar-refractivity contribution in [2.24, 2.45) is 0 Å². The molecule has 1 saturated carbocycles. The van der Waals surface area contributed by atoms with E-state index in [2.05, 4.69) is 22.3 Å². The van der Waals surface area contributed by atoms with Crippen LogP contribution < -0.4 is 5.32 Å². The Morgan fingerprint density at radius 1 is 1.23 bits per heavy atom. The topological polar surface area (TPSA) is 58.4 Å². The van der Waals surface area contributed by atoms with Crippen molar-refractivity contribution in [3.63, 3.8) is 0 Å². The number of likely N-dealkylation sites (tertiary alicyclic amines) is 1. The lowest BCUT2D eigenvalue weighted by Crippen LogP contribution is -2.37. The minimum atomic E-state index is 0.203. The van der Waals surface area contributed by atoms with Gasteiger partial charge in [0, 0.05) is 28.4 Å². The van der Waals surface area contributed by atoms with E-state index in [1.807, 2.05) is 24.5 Å². The van der Waals surface area contributed by atoms with Crippen molar-refractivity contribution < 1.29 is 9.32 Å². The SMILES string of the molecule is CCN1CCC(c2noc3cc(Cl)ccc23)CC1.CSCC(=O)NC1CCCCC1. The second kappa shape index (κ2) is 12.0. The molecule has 5 nitrogen and oxygen atoms in total. The fourth-order valence-electron chi connectivity index (χ4n) is 4.40. The lowest BCUT2D eigenvalue weighted by atomic mass is 9.92. The van der Waals surface area contributed by atoms with E-state index in [-0.39, 0.29) is 5.91 Å². The summed E-state index contributed by atoms with van der Waals surface area (Å²) in [7, 11) is 0. The summed E-state index contributed by atoms with van der Waals surface area (Å²) in [5.74, 6) is 1.33. The van der Waals surface area contributed by atoms with Gasteiger partial charge in [-0.3, -0.25) is 4.79 Å². The fraction of sp³-hybridized carbons (Fsp3) is 0.652. The van der Waals surface area contributed by atoms with E-state index in [1.165, 1.54) is 32.1 Å². The lowest BCUT2D eigenvalue weighted by Gasteiger charge is -2.29. The number of hydrogen-bond donors (Lipinski definition) is 1. The van der Waals surface area contributed by atoms with Crippen LogP contribution in [0.5, 0.6) is 0 Å². The largest absolute Gasteiger partial charge is 0.356 e. The molecule has 4 rings (SSSR count). The molecule has 0 unspecified atom stereocenters. The zero-order valence-electron chi connectivity index (χ0n) is 18.2. The Balaban J connectivity index is 0.000000187. The number of thioether (sulfide) groups is 1. The predicted octanol–water partition coefficient (Wildman–Crippen LogP) is 5.48. The van der Waals surface area contributed by atoms with Gasteiger partial charge in [0.2, 0.25) is 5.91 Å². The molecule has 0 spiro atoms. The molecule has 1 N–H and O–H groups in total. The Morgan fingerprint density at radius 3 is 2.63 bits per heavy atom. The maximum Gasteiger partial charge on any atom is 0.230 e. The number of carbonyl (C=O) groups is 1. The number of carbonyl (C=O) groups excluding carboxylic acids is 1. The van der Waals surface area contributed by atoms with Crippen LogP contribution in [0.25, 0.3) is 11.0 Å². The van der Waals surface area contributed by atoms with Gasteiger partial charge in [-0.15, -0.1) is 0 Å². The zero-order chi connectivity index (χ0) is 21.3. The molecule has 1 amide bonds. The minimum Gasteiger partial charge on any atom is -0.356 e. The van der Waals surface area contributed by atoms with Crippen molar-refractivity contribution in [1.29, 1.82) is 0 Å². The van der Waals surface area contributed by atoms with Crippen LogP contribution in [0, 0.1) is 0 Å². The molecule has 0 radical (unpaired) electrons. The number of halogens is 1. The first-order valence-electron chi connectivity index (χ1n) is 11.2. The normalized spacial score (nSPS) is 18.8. The van der Waals surface area contributed by atoms with Crippen molar-refractivity contribution in [3.8, 4) is 0 Å². The number of amides is 1. The third-order valence-corrected chi connectivity index (χ3v) is 6.92. The molecule has 0 bridgehead atoms. The molecule has 1 aromatic heterocycles. The highest BCUT2D eigenvalue weighted by Crippen LogP contribution is 2.33. The number of benzene rings is 1. The summed E-state index contributed by atoms with van der Waals surface area (Å²) in [4.78, 5) is 13.7. The first-order chi connectivity index (χ1) is 14.6. The highest BCUT2D eigenvalue weighted by Gasteiger charge is 2.24. The molecular weight excluding hydrogens is 418 g/mol. The van der Waals surface area contributed by atoms with Crippen LogP contribution in [0.1, 0.15) is 63.5 Å². The molecule has 30 heavy (non-hydrogen) atoms. The number of fused-ring (bicyclic) bond motifs is 1. The number of aromatic nitrogens is 1. The third kappa shape index (κ3) is 6.63. The Morgan fingerprint density at radius 2 is 1.97 bits per heavy atom. The number of rotatable bonds is 5. The Kier molecular flexibility index (Phi) is 9.34. The summed E-state index contributed by atoms with van der Waals surface area (Å²) in [5, 5.41) is 9.14. The van der Waals surface area contributed by atoms with Crippen molar-refractivity contribution in [1.82, 2.24) is 15.4 Å². The molecular formula is C23H34ClN3O2S. The van der Waals surface area contributed by atoms with E-state index in [0.717, 1.165) is 49.1 Å². The van der Waals surface area contributed by atoms with Crippen LogP contribution in [-0.2, 0) is 4.79 Å². The number of nitrogens with zero attached hydrogens (tertiary/aromatic N) is 2. The quantitative estimate of drug-likeness (QED) is 0.652. The first-order valence-corrected chi connectivity index (χ1v) is 12.9. The summed E-state index contributed by atoms with van der Waals surface area (Å²) in [6.07, 6.45) is 10.6. The molecule has 1 saturated heterocycles. The monoisotopic (exact) mass is 451 g/mol. The molecule has 2 aromatic rings. The van der Waals surface area contributed by atoms with E-state index >= 15 is 0 Å². The molecule has 1 aliphatic heterocycles. The van der Waals surface area contributed by atoms with Crippen LogP contribution >= 0.6 is 23.4 Å². The Hall–Kier alpha value is -1.24. The number of piperidine rings is 1. The van der Waals surface area contributed by atoms with Gasteiger partial charge in [0.05, 0.1) is 11.4 Å². The molecule has 1 aromatic carbocycles. The van der Waals surface area contributed by atoms with Gasteiger partial charge in [-0.25, -0.2) is 0 Å². The van der Waals surface area contributed by atoms with E-state index in [0.29, 0.717) is 22.7 Å². The minimum absolute atomic E-state index is 0.203. The molecule has 2 heterocycles. The van der Waals surface area contributed by atoms with Gasteiger partial charge in [0.15, 0.2) is 5.58 Å². The van der Waals surface area contributed by atoms with E-state index < -0.39 is 0 Å². The summed E-state index contributed by atoms with van der Waals surface area (Å²) in [6, 6.07) is 6.24. The smallest absolute Gasteiger partial charge is 0.230 e. The second-order valence-corrected chi connectivity index (χ2v) is 9.55. The van der Waals surface area contributed by atoms with Gasteiger partial charge in [0.25, 0.3) is 0 Å². The molecule has 1 aliphatic carbocycles. The lowest BCUT2D eigenvalue weighted by molar-refractivity contribution is -0.119. The molecule has 7 heteroatoms. The Bertz CT molecular complexity index is 799. The van der Waals surface area contributed by atoms with Crippen molar-refractivity contribution in [3.05, 3.63) is 28.9 Å². The molecule has 166 valence electrons. The van der Waals surface area contributed by atoms with Crippen LogP contribution in [-0.4, -0.2) is 53.6 Å². The van der Waals surface area contributed by atoms with Crippen LogP contribution in [0.2, 0.25) is 5.02 Å². The van der Waals surface area contributed by atoms with Gasteiger partial charge < -0.3 is 14.7 Å². The highest BCUT2D eigenvalue weighted by molar-refractivity contribution is 7.99. The van der Waals surface area contributed by atoms with E-state index in [4.69, 9.17) is 16.1 Å². The van der Waals surface area contributed by atoms with E-state index in [1.54, 1.807) is 11.8 Å². The van der Waals surface area contributed by atoms with Gasteiger partial charge in [-0.05, 0) is 63.7 Å². The summed E-state index contributed by atoms with van der Waals surface area (Å²) < 4.78 is 5.39. The average molecular weight is 452 g/mol. The third-order valence-electron chi connectivity index (χ3n) is 6.13. The first kappa shape index (κ1) is 23.4. The average Bonchev–Trinajstić information content (AvgIpc) is 3.18.